The second-order valence-corrected chi connectivity index (χ2v) is 4.79. The quantitative estimate of drug-likeness (QED) is 0.885. The van der Waals surface area contributed by atoms with Gasteiger partial charge >= 0.3 is 0 Å². The number of nitrogens with one attached hydrogen (secondary N) is 1. The lowest BCUT2D eigenvalue weighted by Crippen LogP contribution is -2.14. The third-order valence-electron chi connectivity index (χ3n) is 1.93. The van der Waals surface area contributed by atoms with E-state index in [0.29, 0.717) is 16.8 Å². The van der Waals surface area contributed by atoms with Gasteiger partial charge in [-0.05, 0) is 50.5 Å². The first-order chi connectivity index (χ1) is 7.74. The lowest BCUT2D eigenvalue weighted by molar-refractivity contribution is -0.115. The number of carbonyl (C=O) groups is 1. The van der Waals surface area contributed by atoms with Crippen molar-refractivity contribution in [2.45, 2.75) is 6.42 Å². The molecule has 0 aliphatic rings. The molecule has 0 aromatic carbocycles. The highest BCUT2D eigenvalue weighted by Crippen LogP contribution is 2.11. The first-order valence-electron chi connectivity index (χ1n) is 4.67. The van der Waals surface area contributed by atoms with Crippen LogP contribution < -0.4 is 5.32 Å². The highest BCUT2D eigenvalue weighted by Gasteiger charge is 2.05. The van der Waals surface area contributed by atoms with Crippen LogP contribution in [0.15, 0.2) is 39.6 Å². The summed E-state index contributed by atoms with van der Waals surface area (Å²) in [5, 5.41) is 6.67. The van der Waals surface area contributed by atoms with Crippen molar-refractivity contribution in [3.63, 3.8) is 0 Å². The second kappa shape index (κ2) is 5.23. The molecule has 2 rings (SSSR count). The summed E-state index contributed by atoms with van der Waals surface area (Å²) in [6.07, 6.45) is 0.387. The van der Waals surface area contributed by atoms with Crippen LogP contribution in [0.3, 0.4) is 0 Å². The summed E-state index contributed by atoms with van der Waals surface area (Å²) in [6, 6.07) is 7.35. The van der Waals surface area contributed by atoms with E-state index < -0.39 is 0 Å². The van der Waals surface area contributed by atoms with Crippen molar-refractivity contribution >= 4 is 39.0 Å². The van der Waals surface area contributed by atoms with E-state index in [1.54, 1.807) is 17.4 Å². The third kappa shape index (κ3) is 3.15. The number of pyridine rings is 1. The van der Waals surface area contributed by atoms with Crippen molar-refractivity contribution < 1.29 is 4.79 Å². The number of hydrogen-bond acceptors (Lipinski definition) is 3. The fourth-order valence-electron chi connectivity index (χ4n) is 1.24. The summed E-state index contributed by atoms with van der Waals surface area (Å²) in [5.74, 6) is 0.513. The van der Waals surface area contributed by atoms with Crippen LogP contribution in [0.25, 0.3) is 0 Å². The molecular formula is C11H9BrN2OS. The molecule has 0 radical (unpaired) electrons. The SMILES string of the molecule is O=C(Cc1ccsc1)Nc1cccc(Br)n1. The predicted octanol–water partition coefficient (Wildman–Crippen LogP) is 3.09. The average molecular weight is 297 g/mol. The molecule has 0 bridgehead atoms. The Labute approximate surface area is 106 Å². The maximum atomic E-state index is 11.6. The Kier molecular flexibility index (Phi) is 3.69. The van der Waals surface area contributed by atoms with Gasteiger partial charge in [0.25, 0.3) is 0 Å². The Balaban J connectivity index is 1.97. The monoisotopic (exact) mass is 296 g/mol. The molecule has 2 heterocycles. The number of amides is 1. The molecule has 0 fully saturated rings. The van der Waals surface area contributed by atoms with Crippen molar-refractivity contribution in [1.29, 1.82) is 0 Å². The minimum absolute atomic E-state index is 0.0519. The van der Waals surface area contributed by atoms with E-state index in [1.807, 2.05) is 29.0 Å². The summed E-state index contributed by atoms with van der Waals surface area (Å²) in [7, 11) is 0. The van der Waals surface area contributed by atoms with E-state index >= 15 is 0 Å². The van der Waals surface area contributed by atoms with Gasteiger partial charge in [-0.25, -0.2) is 4.98 Å². The van der Waals surface area contributed by atoms with Gasteiger partial charge in [-0.3, -0.25) is 4.79 Å². The van der Waals surface area contributed by atoms with Gasteiger partial charge in [0.15, 0.2) is 0 Å². The summed E-state index contributed by atoms with van der Waals surface area (Å²) in [6.45, 7) is 0. The number of thiophene rings is 1. The average Bonchev–Trinajstić information content (AvgIpc) is 2.70. The van der Waals surface area contributed by atoms with Gasteiger partial charge in [0.05, 0.1) is 6.42 Å². The third-order valence-corrected chi connectivity index (χ3v) is 3.10. The molecule has 2 aromatic rings. The standard InChI is InChI=1S/C11H9BrN2OS/c12-9-2-1-3-10(13-9)14-11(15)6-8-4-5-16-7-8/h1-5,7H,6H2,(H,13,14,15). The van der Waals surface area contributed by atoms with Gasteiger partial charge in [-0.15, -0.1) is 0 Å². The van der Waals surface area contributed by atoms with Gasteiger partial charge in [0, 0.05) is 0 Å². The second-order valence-electron chi connectivity index (χ2n) is 3.20. The van der Waals surface area contributed by atoms with E-state index in [4.69, 9.17) is 0 Å². The van der Waals surface area contributed by atoms with E-state index in [2.05, 4.69) is 26.2 Å². The fraction of sp³-hybridized carbons (Fsp3) is 0.0909. The summed E-state index contributed by atoms with van der Waals surface area (Å²) in [5.41, 5.74) is 1.03. The van der Waals surface area contributed by atoms with E-state index in [1.165, 1.54) is 0 Å². The molecule has 0 saturated carbocycles. The molecule has 0 unspecified atom stereocenters. The fourth-order valence-corrected chi connectivity index (χ4v) is 2.26. The smallest absolute Gasteiger partial charge is 0.229 e. The van der Waals surface area contributed by atoms with Gasteiger partial charge < -0.3 is 5.32 Å². The maximum absolute atomic E-state index is 11.6. The first kappa shape index (κ1) is 11.3. The van der Waals surface area contributed by atoms with Crippen LogP contribution in [-0.2, 0) is 11.2 Å². The Bertz CT molecular complexity index is 484. The van der Waals surface area contributed by atoms with Gasteiger partial charge in [-0.2, -0.15) is 11.3 Å². The zero-order valence-corrected chi connectivity index (χ0v) is 10.7. The van der Waals surface area contributed by atoms with Crippen LogP contribution >= 0.6 is 27.3 Å². The number of rotatable bonds is 3. The number of hydrogen-bond donors (Lipinski definition) is 1. The molecule has 1 amide bonds. The number of aromatic nitrogens is 1. The summed E-state index contributed by atoms with van der Waals surface area (Å²) < 4.78 is 0.709. The molecule has 5 heteroatoms. The highest BCUT2D eigenvalue weighted by atomic mass is 79.9. The largest absolute Gasteiger partial charge is 0.310 e. The van der Waals surface area contributed by atoms with Crippen LogP contribution in [0.1, 0.15) is 5.56 Å². The molecule has 82 valence electrons. The van der Waals surface area contributed by atoms with Crippen molar-refractivity contribution in [2.24, 2.45) is 0 Å². The molecule has 3 nitrogen and oxygen atoms in total. The number of carbonyl (C=O) groups excluding carboxylic acids is 1. The van der Waals surface area contributed by atoms with Gasteiger partial charge in [0.1, 0.15) is 10.4 Å². The Morgan fingerprint density at radius 1 is 1.44 bits per heavy atom. The predicted molar refractivity (Wildman–Crippen MR) is 68.6 cm³/mol. The maximum Gasteiger partial charge on any atom is 0.229 e. The minimum Gasteiger partial charge on any atom is -0.310 e. The number of halogens is 1. The molecule has 0 saturated heterocycles. The lowest BCUT2D eigenvalue weighted by Gasteiger charge is -2.03. The van der Waals surface area contributed by atoms with Crippen molar-refractivity contribution in [3.05, 3.63) is 45.2 Å². The highest BCUT2D eigenvalue weighted by molar-refractivity contribution is 9.10. The molecule has 0 atom stereocenters. The molecule has 0 aliphatic carbocycles. The van der Waals surface area contributed by atoms with E-state index in [-0.39, 0.29) is 5.91 Å². The van der Waals surface area contributed by atoms with Gasteiger partial charge in [0.2, 0.25) is 5.91 Å². The molecule has 0 spiro atoms. The van der Waals surface area contributed by atoms with Crippen LogP contribution in [-0.4, -0.2) is 10.9 Å². The molecule has 1 N–H and O–H groups in total. The van der Waals surface area contributed by atoms with Crippen LogP contribution in [0, 0.1) is 0 Å². The van der Waals surface area contributed by atoms with Gasteiger partial charge in [-0.1, -0.05) is 6.07 Å². The molecule has 2 aromatic heterocycles. The summed E-state index contributed by atoms with van der Waals surface area (Å²) >= 11 is 4.84. The van der Waals surface area contributed by atoms with E-state index in [9.17, 15) is 4.79 Å². The van der Waals surface area contributed by atoms with Crippen molar-refractivity contribution in [2.75, 3.05) is 5.32 Å². The first-order valence-corrected chi connectivity index (χ1v) is 6.41. The Morgan fingerprint density at radius 2 is 2.31 bits per heavy atom. The number of nitrogens with zero attached hydrogens (tertiary/aromatic N) is 1. The van der Waals surface area contributed by atoms with E-state index in [0.717, 1.165) is 5.56 Å². The van der Waals surface area contributed by atoms with Crippen molar-refractivity contribution in [1.82, 2.24) is 4.98 Å². The Morgan fingerprint density at radius 3 is 3.00 bits per heavy atom. The molecule has 16 heavy (non-hydrogen) atoms. The van der Waals surface area contributed by atoms with Crippen LogP contribution in [0.4, 0.5) is 5.82 Å². The summed E-state index contributed by atoms with van der Waals surface area (Å²) in [4.78, 5) is 15.8. The minimum atomic E-state index is -0.0519. The molecular weight excluding hydrogens is 288 g/mol. The normalized spacial score (nSPS) is 10.1. The zero-order valence-electron chi connectivity index (χ0n) is 8.31. The van der Waals surface area contributed by atoms with Crippen LogP contribution in [0.2, 0.25) is 0 Å². The molecule has 0 aliphatic heterocycles. The lowest BCUT2D eigenvalue weighted by atomic mass is 10.2. The van der Waals surface area contributed by atoms with Crippen LogP contribution in [0.5, 0.6) is 0 Å². The number of anilines is 1. The Hall–Kier alpha value is -1.20. The van der Waals surface area contributed by atoms with Crippen molar-refractivity contribution in [3.8, 4) is 0 Å². The zero-order chi connectivity index (χ0) is 11.4. The topological polar surface area (TPSA) is 42.0 Å².